The highest BCUT2D eigenvalue weighted by molar-refractivity contribution is 7.50. The van der Waals surface area contributed by atoms with Gasteiger partial charge in [0.25, 0.3) is 0 Å². The molecule has 0 saturated heterocycles. The van der Waals surface area contributed by atoms with Crippen LogP contribution in [-0.2, 0) is 4.74 Å². The van der Waals surface area contributed by atoms with Crippen molar-refractivity contribution >= 4 is 36.6 Å². The van der Waals surface area contributed by atoms with Crippen LogP contribution in [0.4, 0.5) is 0 Å². The Bertz CT molecular complexity index is 1200. The van der Waals surface area contributed by atoms with E-state index in [0.717, 1.165) is 12.8 Å². The number of thiophene rings is 1. The van der Waals surface area contributed by atoms with Crippen LogP contribution >= 0.6 is 10.5 Å². The highest BCUT2D eigenvalue weighted by Crippen LogP contribution is 2.48. The second-order valence-corrected chi connectivity index (χ2v) is 10.4. The average molecular weight is 414 g/mol. The Balaban J connectivity index is 1.47. The molecule has 2 nitrogen and oxygen atoms in total. The van der Waals surface area contributed by atoms with E-state index >= 15 is 0 Å². The number of carbonyl (C=O) groups excluding carboxylic acids is 1. The number of ether oxygens (including phenoxy) is 1. The van der Waals surface area contributed by atoms with Crippen molar-refractivity contribution in [1.29, 1.82) is 0 Å². The van der Waals surface area contributed by atoms with E-state index in [1.165, 1.54) is 25.1 Å². The molecule has 30 heavy (non-hydrogen) atoms. The van der Waals surface area contributed by atoms with Gasteiger partial charge in [0.2, 0.25) is 0 Å². The molecule has 1 aliphatic carbocycles. The molecule has 1 aliphatic rings. The first-order chi connectivity index (χ1) is 14.5. The molecule has 1 heterocycles. The number of fused-ring (bicyclic) bond motifs is 3. The van der Waals surface area contributed by atoms with Gasteiger partial charge >= 0.3 is 5.97 Å². The van der Waals surface area contributed by atoms with Crippen LogP contribution in [-0.4, -0.2) is 11.6 Å². The molecule has 0 radical (unpaired) electrons. The number of carbonyl (C=O) groups is 1. The fourth-order valence-electron chi connectivity index (χ4n) is 4.40. The molecule has 0 amide bonds. The maximum Gasteiger partial charge on any atom is 0.338 e. The molecule has 0 N–H and O–H groups in total. The minimum Gasteiger partial charge on any atom is -0.456 e. The van der Waals surface area contributed by atoms with Gasteiger partial charge in [-0.3, -0.25) is 0 Å². The highest BCUT2D eigenvalue weighted by Gasteiger charge is 2.34. The normalized spacial score (nSPS) is 14.6. The zero-order valence-electron chi connectivity index (χ0n) is 17.3. The number of benzene rings is 3. The maximum atomic E-state index is 12.8. The van der Waals surface area contributed by atoms with E-state index in [-0.39, 0.29) is 16.4 Å². The van der Waals surface area contributed by atoms with Crippen molar-refractivity contribution in [3.63, 3.8) is 0 Å². The van der Waals surface area contributed by atoms with Crippen LogP contribution in [0.25, 0.3) is 25.1 Å². The van der Waals surface area contributed by atoms with Gasteiger partial charge in [0.05, 0.1) is 5.56 Å². The Morgan fingerprint density at radius 2 is 1.37 bits per heavy atom. The number of hydrogen-bond donors (Lipinski definition) is 0. The van der Waals surface area contributed by atoms with Gasteiger partial charge in [0.15, 0.2) is 14.3 Å². The molecule has 0 atom stereocenters. The van der Waals surface area contributed by atoms with Crippen LogP contribution in [0.5, 0.6) is 0 Å². The standard InChI is InChI=1S/C27H25O2S/c1-27(2,20-9-3-4-10-20)29-26(28)19-15-17-21(18-16-19)30-24-13-7-5-11-22(24)23-12-6-8-14-25(23)30/h3-8,11-18,20H,9-10H2,1-2H3/q+1. The summed E-state index contributed by atoms with van der Waals surface area (Å²) in [6, 6.07) is 25.3. The van der Waals surface area contributed by atoms with E-state index in [2.05, 4.69) is 72.8 Å². The Hall–Kier alpha value is -2.91. The van der Waals surface area contributed by atoms with Gasteiger partial charge in [0.1, 0.15) is 5.60 Å². The summed E-state index contributed by atoms with van der Waals surface area (Å²) < 4.78 is 8.61. The lowest BCUT2D eigenvalue weighted by molar-refractivity contribution is -0.0273. The minimum absolute atomic E-state index is 0.143. The second kappa shape index (κ2) is 7.41. The van der Waals surface area contributed by atoms with Crippen molar-refractivity contribution in [1.82, 2.24) is 0 Å². The Kier molecular flexibility index (Phi) is 4.71. The van der Waals surface area contributed by atoms with Crippen LogP contribution in [0.15, 0.2) is 84.9 Å². The quantitative estimate of drug-likeness (QED) is 0.195. The fourth-order valence-corrected chi connectivity index (χ4v) is 6.78. The number of hydrogen-bond acceptors (Lipinski definition) is 2. The van der Waals surface area contributed by atoms with Gasteiger partial charge in [-0.15, -0.1) is 0 Å². The lowest BCUT2D eigenvalue weighted by Crippen LogP contribution is -2.35. The summed E-state index contributed by atoms with van der Waals surface area (Å²) >= 11 is 0. The summed E-state index contributed by atoms with van der Waals surface area (Å²) in [5.41, 5.74) is 0.145. The van der Waals surface area contributed by atoms with Gasteiger partial charge in [-0.25, -0.2) is 4.79 Å². The summed E-state index contributed by atoms with van der Waals surface area (Å²) in [5.74, 6) is 0.114. The Labute approximate surface area is 179 Å². The topological polar surface area (TPSA) is 26.3 Å². The fraction of sp³-hybridized carbons (Fsp3) is 0.222. The van der Waals surface area contributed by atoms with E-state index in [4.69, 9.17) is 4.74 Å². The highest BCUT2D eigenvalue weighted by atomic mass is 32.2. The molecule has 4 aromatic rings. The van der Waals surface area contributed by atoms with Crippen LogP contribution in [0.3, 0.4) is 0 Å². The van der Waals surface area contributed by atoms with Crippen LogP contribution in [0.1, 0.15) is 37.0 Å². The molecule has 3 aromatic carbocycles. The molecule has 5 rings (SSSR count). The van der Waals surface area contributed by atoms with E-state index < -0.39 is 5.60 Å². The van der Waals surface area contributed by atoms with Crippen molar-refractivity contribution in [2.75, 3.05) is 0 Å². The third-order valence-electron chi connectivity index (χ3n) is 6.18. The molecule has 0 bridgehead atoms. The van der Waals surface area contributed by atoms with Crippen LogP contribution in [0.2, 0.25) is 0 Å². The minimum atomic E-state index is -0.468. The van der Waals surface area contributed by atoms with Crippen molar-refractivity contribution in [2.24, 2.45) is 5.92 Å². The zero-order valence-corrected chi connectivity index (χ0v) is 18.1. The first-order valence-electron chi connectivity index (χ1n) is 10.5. The smallest absolute Gasteiger partial charge is 0.338 e. The van der Waals surface area contributed by atoms with Gasteiger partial charge < -0.3 is 4.74 Å². The first kappa shape index (κ1) is 19.1. The van der Waals surface area contributed by atoms with Crippen molar-refractivity contribution in [3.05, 3.63) is 90.5 Å². The molecule has 1 aromatic heterocycles. The van der Waals surface area contributed by atoms with E-state index in [0.29, 0.717) is 11.5 Å². The van der Waals surface area contributed by atoms with Gasteiger partial charge in [-0.2, -0.15) is 0 Å². The molecule has 150 valence electrons. The molecule has 0 unspecified atom stereocenters. The number of esters is 1. The first-order valence-corrected chi connectivity index (χ1v) is 11.7. The predicted molar refractivity (Wildman–Crippen MR) is 127 cm³/mol. The molecule has 0 aliphatic heterocycles. The van der Waals surface area contributed by atoms with Gasteiger partial charge in [-0.1, -0.05) is 36.4 Å². The monoisotopic (exact) mass is 413 g/mol. The summed E-state index contributed by atoms with van der Waals surface area (Å²) in [7, 11) is -0.143. The predicted octanol–water partition coefficient (Wildman–Crippen LogP) is 7.63. The summed E-state index contributed by atoms with van der Waals surface area (Å²) in [6.45, 7) is 4.04. The summed E-state index contributed by atoms with van der Waals surface area (Å²) in [5, 5.41) is 2.62. The molecule has 0 fully saturated rings. The van der Waals surface area contributed by atoms with Crippen molar-refractivity contribution in [2.45, 2.75) is 32.3 Å². The third-order valence-corrected chi connectivity index (χ3v) is 8.51. The molecular formula is C27H25O2S+. The van der Waals surface area contributed by atoms with Crippen molar-refractivity contribution < 1.29 is 9.53 Å². The SMILES string of the molecule is CC(C)(OC(=O)c1ccc(-[s+]2c3ccccc3c3ccccc32)cc1)C1CC=CC1. The van der Waals surface area contributed by atoms with Crippen molar-refractivity contribution in [3.8, 4) is 4.90 Å². The second-order valence-electron chi connectivity index (χ2n) is 8.46. The van der Waals surface area contributed by atoms with Crippen LogP contribution < -0.4 is 0 Å². The third kappa shape index (κ3) is 3.23. The molecule has 3 heteroatoms. The lowest BCUT2D eigenvalue weighted by atomic mass is 9.88. The number of rotatable bonds is 4. The van der Waals surface area contributed by atoms with E-state index in [1.54, 1.807) is 0 Å². The largest absolute Gasteiger partial charge is 0.456 e. The average Bonchev–Trinajstić information content (AvgIpc) is 3.41. The van der Waals surface area contributed by atoms with E-state index in [1.807, 2.05) is 26.0 Å². The van der Waals surface area contributed by atoms with E-state index in [9.17, 15) is 4.79 Å². The molecule has 0 saturated carbocycles. The zero-order chi connectivity index (χ0) is 20.7. The Morgan fingerprint density at radius 3 is 1.93 bits per heavy atom. The van der Waals surface area contributed by atoms with Gasteiger partial charge in [0, 0.05) is 27.2 Å². The lowest BCUT2D eigenvalue weighted by Gasteiger charge is -2.31. The van der Waals surface area contributed by atoms with Gasteiger partial charge in [-0.05, 0) is 75.2 Å². The van der Waals surface area contributed by atoms with Crippen LogP contribution in [0, 0.1) is 5.92 Å². The Morgan fingerprint density at radius 1 is 0.833 bits per heavy atom. The maximum absolute atomic E-state index is 12.8. The molecule has 0 spiro atoms. The summed E-state index contributed by atoms with van der Waals surface area (Å²) in [6.07, 6.45) is 6.29. The number of allylic oxidation sites excluding steroid dienone is 2. The molecular weight excluding hydrogens is 388 g/mol. The summed E-state index contributed by atoms with van der Waals surface area (Å²) in [4.78, 5) is 14.0.